The number of aryl methyl sites for hydroxylation is 1. The first-order valence-electron chi connectivity index (χ1n) is 7.26. The molecule has 0 fully saturated rings. The summed E-state index contributed by atoms with van der Waals surface area (Å²) in [6.07, 6.45) is 5.04. The highest BCUT2D eigenvalue weighted by atomic mass is 16.5. The first kappa shape index (κ1) is 14.1. The summed E-state index contributed by atoms with van der Waals surface area (Å²) < 4.78 is 6.57. The fraction of sp³-hybridized carbons (Fsp3) is 0.0625. The molecule has 0 amide bonds. The number of rotatable bonds is 4. The standard InChI is InChI=1S/C16H13N7O/c1-23-9-6-15(21-23)20-16-17-8-5-13(19-16)11-3-2-4-12(18-11)14-7-10-24-22-14/h2-10H,1H3,(H,17,19,20,21). The van der Waals surface area contributed by atoms with Gasteiger partial charge in [0, 0.05) is 31.6 Å². The van der Waals surface area contributed by atoms with Crippen LogP contribution in [0.1, 0.15) is 0 Å². The van der Waals surface area contributed by atoms with Crippen LogP contribution in [0.25, 0.3) is 22.8 Å². The van der Waals surface area contributed by atoms with Gasteiger partial charge in [-0.25, -0.2) is 15.0 Å². The molecule has 24 heavy (non-hydrogen) atoms. The van der Waals surface area contributed by atoms with Crippen molar-refractivity contribution in [3.8, 4) is 22.8 Å². The first-order valence-corrected chi connectivity index (χ1v) is 7.26. The van der Waals surface area contributed by atoms with Crippen molar-refractivity contribution in [3.05, 3.63) is 55.1 Å². The molecule has 118 valence electrons. The zero-order valence-corrected chi connectivity index (χ0v) is 12.8. The lowest BCUT2D eigenvalue weighted by atomic mass is 10.2. The van der Waals surface area contributed by atoms with Gasteiger partial charge in [0.15, 0.2) is 5.82 Å². The number of pyridine rings is 1. The Morgan fingerprint density at radius 1 is 0.958 bits per heavy atom. The summed E-state index contributed by atoms with van der Waals surface area (Å²) in [6, 6.07) is 11.1. The summed E-state index contributed by atoms with van der Waals surface area (Å²) in [4.78, 5) is 13.3. The second-order valence-electron chi connectivity index (χ2n) is 5.06. The van der Waals surface area contributed by atoms with Crippen molar-refractivity contribution in [2.24, 2.45) is 7.05 Å². The van der Waals surface area contributed by atoms with Crippen LogP contribution in [0.3, 0.4) is 0 Å². The van der Waals surface area contributed by atoms with Crippen LogP contribution >= 0.6 is 0 Å². The van der Waals surface area contributed by atoms with Crippen LogP contribution in [0.4, 0.5) is 11.8 Å². The Morgan fingerprint density at radius 2 is 1.79 bits per heavy atom. The summed E-state index contributed by atoms with van der Waals surface area (Å²) in [7, 11) is 1.85. The maximum atomic E-state index is 4.87. The molecule has 4 aromatic rings. The molecule has 0 radical (unpaired) electrons. The SMILES string of the molecule is Cn1ccc(Nc2nccc(-c3cccc(-c4ccon4)n3)n2)n1. The van der Waals surface area contributed by atoms with Gasteiger partial charge < -0.3 is 9.84 Å². The van der Waals surface area contributed by atoms with Crippen molar-refractivity contribution in [1.82, 2.24) is 29.9 Å². The molecule has 0 atom stereocenters. The van der Waals surface area contributed by atoms with Gasteiger partial charge in [0.2, 0.25) is 5.95 Å². The maximum absolute atomic E-state index is 4.87. The van der Waals surface area contributed by atoms with E-state index < -0.39 is 0 Å². The number of aromatic nitrogens is 6. The fourth-order valence-corrected chi connectivity index (χ4v) is 2.22. The molecule has 0 spiro atoms. The molecule has 0 aromatic carbocycles. The third-order valence-corrected chi connectivity index (χ3v) is 3.32. The van der Waals surface area contributed by atoms with Crippen LogP contribution in [0.2, 0.25) is 0 Å². The quantitative estimate of drug-likeness (QED) is 0.618. The van der Waals surface area contributed by atoms with Crippen LogP contribution in [0, 0.1) is 0 Å². The van der Waals surface area contributed by atoms with E-state index in [4.69, 9.17) is 4.52 Å². The van der Waals surface area contributed by atoms with E-state index in [1.165, 1.54) is 6.26 Å². The van der Waals surface area contributed by atoms with E-state index in [0.717, 1.165) is 11.4 Å². The molecule has 0 aliphatic heterocycles. The molecular weight excluding hydrogens is 306 g/mol. The molecule has 0 saturated heterocycles. The molecule has 4 rings (SSSR count). The van der Waals surface area contributed by atoms with Crippen molar-refractivity contribution in [2.75, 3.05) is 5.32 Å². The largest absolute Gasteiger partial charge is 0.364 e. The van der Waals surface area contributed by atoms with Crippen LogP contribution in [0.15, 0.2) is 59.6 Å². The van der Waals surface area contributed by atoms with Gasteiger partial charge in [-0.05, 0) is 18.2 Å². The average Bonchev–Trinajstić information content (AvgIpc) is 3.27. The highest BCUT2D eigenvalue weighted by molar-refractivity contribution is 5.62. The highest BCUT2D eigenvalue weighted by Gasteiger charge is 2.08. The Bertz CT molecular complexity index is 962. The zero-order chi connectivity index (χ0) is 16.4. The Morgan fingerprint density at radius 3 is 2.54 bits per heavy atom. The van der Waals surface area contributed by atoms with Gasteiger partial charge in [-0.3, -0.25) is 4.68 Å². The van der Waals surface area contributed by atoms with Crippen LogP contribution in [0.5, 0.6) is 0 Å². The van der Waals surface area contributed by atoms with E-state index in [0.29, 0.717) is 23.2 Å². The molecule has 8 nitrogen and oxygen atoms in total. The van der Waals surface area contributed by atoms with E-state index in [1.54, 1.807) is 23.0 Å². The summed E-state index contributed by atoms with van der Waals surface area (Å²) in [5, 5.41) is 11.2. The maximum Gasteiger partial charge on any atom is 0.228 e. The van der Waals surface area contributed by atoms with Crippen LogP contribution in [-0.2, 0) is 7.05 Å². The molecule has 1 N–H and O–H groups in total. The minimum atomic E-state index is 0.458. The Balaban J connectivity index is 1.65. The Hall–Kier alpha value is -3.55. The summed E-state index contributed by atoms with van der Waals surface area (Å²) in [5.74, 6) is 1.14. The van der Waals surface area contributed by atoms with Gasteiger partial charge >= 0.3 is 0 Å². The van der Waals surface area contributed by atoms with Gasteiger partial charge in [-0.15, -0.1) is 0 Å². The van der Waals surface area contributed by atoms with E-state index in [-0.39, 0.29) is 0 Å². The van der Waals surface area contributed by atoms with Gasteiger partial charge in [-0.1, -0.05) is 11.2 Å². The van der Waals surface area contributed by atoms with Crippen LogP contribution < -0.4 is 5.32 Å². The highest BCUT2D eigenvalue weighted by Crippen LogP contribution is 2.21. The van der Waals surface area contributed by atoms with Crippen molar-refractivity contribution < 1.29 is 4.52 Å². The summed E-state index contributed by atoms with van der Waals surface area (Å²) in [6.45, 7) is 0. The minimum Gasteiger partial charge on any atom is -0.364 e. The van der Waals surface area contributed by atoms with Crippen molar-refractivity contribution in [1.29, 1.82) is 0 Å². The van der Waals surface area contributed by atoms with E-state index in [1.807, 2.05) is 37.5 Å². The predicted molar refractivity (Wildman–Crippen MR) is 87.3 cm³/mol. The third-order valence-electron chi connectivity index (χ3n) is 3.32. The second-order valence-corrected chi connectivity index (χ2v) is 5.06. The summed E-state index contributed by atoms with van der Waals surface area (Å²) >= 11 is 0. The average molecular weight is 319 g/mol. The fourth-order valence-electron chi connectivity index (χ4n) is 2.22. The minimum absolute atomic E-state index is 0.458. The van der Waals surface area contributed by atoms with Gasteiger partial charge in [0.05, 0.1) is 17.1 Å². The van der Waals surface area contributed by atoms with Crippen molar-refractivity contribution >= 4 is 11.8 Å². The van der Waals surface area contributed by atoms with E-state index in [9.17, 15) is 0 Å². The normalized spacial score (nSPS) is 10.7. The lowest BCUT2D eigenvalue weighted by Crippen LogP contribution is -2.00. The third kappa shape index (κ3) is 2.84. The Labute approximate surface area is 137 Å². The Kier molecular flexibility index (Phi) is 3.47. The number of hydrogen-bond acceptors (Lipinski definition) is 7. The van der Waals surface area contributed by atoms with Gasteiger partial charge in [-0.2, -0.15) is 5.10 Å². The molecule has 0 aliphatic rings. The topological polar surface area (TPSA) is 94.6 Å². The van der Waals surface area contributed by atoms with E-state index >= 15 is 0 Å². The smallest absolute Gasteiger partial charge is 0.228 e. The monoisotopic (exact) mass is 319 g/mol. The van der Waals surface area contributed by atoms with Crippen LogP contribution in [-0.4, -0.2) is 29.9 Å². The number of hydrogen-bond donors (Lipinski definition) is 1. The van der Waals surface area contributed by atoms with Gasteiger partial charge in [0.1, 0.15) is 12.0 Å². The lowest BCUT2D eigenvalue weighted by molar-refractivity contribution is 0.422. The lowest BCUT2D eigenvalue weighted by Gasteiger charge is -2.05. The van der Waals surface area contributed by atoms with Gasteiger partial charge in [0.25, 0.3) is 0 Å². The van der Waals surface area contributed by atoms with Crippen molar-refractivity contribution in [3.63, 3.8) is 0 Å². The molecule has 4 heterocycles. The molecule has 0 unspecified atom stereocenters. The van der Waals surface area contributed by atoms with E-state index in [2.05, 4.69) is 30.5 Å². The molecular formula is C16H13N7O. The number of anilines is 2. The molecule has 0 aliphatic carbocycles. The number of nitrogens with one attached hydrogen (secondary N) is 1. The molecule has 0 bridgehead atoms. The summed E-state index contributed by atoms with van der Waals surface area (Å²) in [5.41, 5.74) is 2.83. The first-order chi connectivity index (χ1) is 11.8. The molecule has 4 aromatic heterocycles. The second kappa shape index (κ2) is 5.92. The zero-order valence-electron chi connectivity index (χ0n) is 12.8. The molecule has 8 heteroatoms. The van der Waals surface area contributed by atoms with Crippen molar-refractivity contribution in [2.45, 2.75) is 0 Å². The predicted octanol–water partition coefficient (Wildman–Crippen LogP) is 2.67. The molecule has 0 saturated carbocycles. The number of nitrogens with zero attached hydrogens (tertiary/aromatic N) is 6.